The first-order valence-corrected chi connectivity index (χ1v) is 7.88. The van der Waals surface area contributed by atoms with Gasteiger partial charge in [0.15, 0.2) is 17.5 Å². The molecule has 22 heavy (non-hydrogen) atoms. The van der Waals surface area contributed by atoms with Crippen LogP contribution < -0.4 is 20.5 Å². The van der Waals surface area contributed by atoms with E-state index in [1.807, 2.05) is 19.1 Å². The van der Waals surface area contributed by atoms with E-state index < -0.39 is 0 Å². The van der Waals surface area contributed by atoms with Crippen LogP contribution in [0.1, 0.15) is 32.8 Å². The van der Waals surface area contributed by atoms with E-state index in [1.54, 1.807) is 7.11 Å². The third-order valence-electron chi connectivity index (χ3n) is 3.04. The number of ether oxygens (including phenoxy) is 2. The molecule has 0 spiro atoms. The highest BCUT2D eigenvalue weighted by atomic mass is 35.5. The molecule has 0 unspecified atom stereocenters. The number of nitrogens with one attached hydrogen (secondary N) is 1. The molecule has 0 aliphatic heterocycles. The number of hydrogen-bond acceptors (Lipinski definition) is 3. The van der Waals surface area contributed by atoms with Gasteiger partial charge in [-0.1, -0.05) is 25.4 Å². The first-order valence-electron chi connectivity index (χ1n) is 7.50. The van der Waals surface area contributed by atoms with Crippen LogP contribution in [0, 0.1) is 5.92 Å². The highest BCUT2D eigenvalue weighted by Gasteiger charge is 2.11. The zero-order valence-electron chi connectivity index (χ0n) is 13.8. The Morgan fingerprint density at radius 1 is 1.41 bits per heavy atom. The van der Waals surface area contributed by atoms with Crippen molar-refractivity contribution in [2.24, 2.45) is 16.6 Å². The smallest absolute Gasteiger partial charge is 0.188 e. The number of rotatable bonds is 8. The van der Waals surface area contributed by atoms with Gasteiger partial charge in [0, 0.05) is 6.54 Å². The summed E-state index contributed by atoms with van der Waals surface area (Å²) in [6.07, 6.45) is 1.05. The van der Waals surface area contributed by atoms with Gasteiger partial charge in [0.05, 0.1) is 25.3 Å². The Labute approximate surface area is 137 Å². The van der Waals surface area contributed by atoms with Gasteiger partial charge in [0.2, 0.25) is 0 Å². The Hall–Kier alpha value is -1.62. The molecule has 0 aliphatic carbocycles. The fourth-order valence-corrected chi connectivity index (χ4v) is 2.16. The minimum absolute atomic E-state index is 0.434. The average molecular weight is 328 g/mol. The summed E-state index contributed by atoms with van der Waals surface area (Å²) >= 11 is 6.23. The minimum Gasteiger partial charge on any atom is -0.493 e. The zero-order valence-corrected chi connectivity index (χ0v) is 14.5. The summed E-state index contributed by atoms with van der Waals surface area (Å²) in [5.41, 5.74) is 6.76. The van der Waals surface area contributed by atoms with Crippen molar-refractivity contribution in [3.63, 3.8) is 0 Å². The van der Waals surface area contributed by atoms with Crippen molar-refractivity contribution in [2.45, 2.75) is 33.7 Å². The molecule has 0 heterocycles. The quantitative estimate of drug-likeness (QED) is 0.568. The molecule has 3 N–H and O–H groups in total. The average Bonchev–Trinajstić information content (AvgIpc) is 2.47. The maximum Gasteiger partial charge on any atom is 0.188 e. The summed E-state index contributed by atoms with van der Waals surface area (Å²) in [5.74, 6) is 2.23. The molecule has 0 amide bonds. The van der Waals surface area contributed by atoms with E-state index >= 15 is 0 Å². The minimum atomic E-state index is 0.434. The summed E-state index contributed by atoms with van der Waals surface area (Å²) in [4.78, 5) is 4.31. The first-order chi connectivity index (χ1) is 10.5. The highest BCUT2D eigenvalue weighted by molar-refractivity contribution is 6.32. The van der Waals surface area contributed by atoms with Crippen molar-refractivity contribution in [3.05, 3.63) is 22.7 Å². The molecular weight excluding hydrogens is 302 g/mol. The van der Waals surface area contributed by atoms with Crippen LogP contribution in [0.4, 0.5) is 0 Å². The first kappa shape index (κ1) is 18.4. The maximum atomic E-state index is 6.23. The predicted molar refractivity (Wildman–Crippen MR) is 92.0 cm³/mol. The second-order valence-electron chi connectivity index (χ2n) is 5.35. The molecule has 124 valence electrons. The third kappa shape index (κ3) is 6.02. The van der Waals surface area contributed by atoms with Crippen molar-refractivity contribution in [2.75, 3.05) is 20.3 Å². The fraction of sp³-hybridized carbons (Fsp3) is 0.562. The Bertz CT molecular complexity index is 504. The van der Waals surface area contributed by atoms with Gasteiger partial charge in [-0.25, -0.2) is 4.99 Å². The molecule has 6 heteroatoms. The topological polar surface area (TPSA) is 68.9 Å². The van der Waals surface area contributed by atoms with Gasteiger partial charge in [-0.05, 0) is 37.0 Å². The van der Waals surface area contributed by atoms with Crippen LogP contribution in [0.25, 0.3) is 0 Å². The van der Waals surface area contributed by atoms with Gasteiger partial charge in [-0.3, -0.25) is 0 Å². The third-order valence-corrected chi connectivity index (χ3v) is 3.32. The Morgan fingerprint density at radius 3 is 2.73 bits per heavy atom. The standard InChI is InChI=1S/C16H26ClN3O2/c1-5-22-15-13(17)8-12(9-14(15)21-4)10-20-16(18)19-7-6-11(2)3/h8-9,11H,5-7,10H2,1-4H3,(H3,18,19,20). The Balaban J connectivity index is 2.71. The molecule has 0 bridgehead atoms. The van der Waals surface area contributed by atoms with E-state index in [0.717, 1.165) is 18.5 Å². The molecule has 0 radical (unpaired) electrons. The van der Waals surface area contributed by atoms with Gasteiger partial charge >= 0.3 is 0 Å². The van der Waals surface area contributed by atoms with E-state index in [0.29, 0.717) is 41.6 Å². The van der Waals surface area contributed by atoms with Crippen molar-refractivity contribution < 1.29 is 9.47 Å². The summed E-state index contributed by atoms with van der Waals surface area (Å²) in [6.45, 7) is 8.02. The molecule has 1 aromatic rings. The van der Waals surface area contributed by atoms with E-state index in [2.05, 4.69) is 24.2 Å². The summed E-state index contributed by atoms with van der Waals surface area (Å²) < 4.78 is 10.8. The van der Waals surface area contributed by atoms with E-state index in [9.17, 15) is 0 Å². The number of benzene rings is 1. The van der Waals surface area contributed by atoms with Crippen LogP contribution in [-0.4, -0.2) is 26.2 Å². The van der Waals surface area contributed by atoms with Crippen molar-refractivity contribution in [3.8, 4) is 11.5 Å². The molecule has 0 atom stereocenters. The number of nitrogens with two attached hydrogens (primary N) is 1. The van der Waals surface area contributed by atoms with Crippen molar-refractivity contribution >= 4 is 17.6 Å². The van der Waals surface area contributed by atoms with Gasteiger partial charge in [0.1, 0.15) is 0 Å². The Morgan fingerprint density at radius 2 is 2.14 bits per heavy atom. The summed E-state index contributed by atoms with van der Waals surface area (Å²) in [7, 11) is 1.59. The summed E-state index contributed by atoms with van der Waals surface area (Å²) in [6, 6.07) is 3.68. The lowest BCUT2D eigenvalue weighted by Crippen LogP contribution is -2.32. The zero-order chi connectivity index (χ0) is 16.5. The second kappa shape index (κ2) is 9.41. The number of halogens is 1. The molecule has 0 saturated carbocycles. The van der Waals surface area contributed by atoms with Gasteiger partial charge in [0.25, 0.3) is 0 Å². The number of aliphatic imine (C=N–C) groups is 1. The normalized spacial score (nSPS) is 11.6. The van der Waals surface area contributed by atoms with E-state index in [-0.39, 0.29) is 0 Å². The maximum absolute atomic E-state index is 6.23. The summed E-state index contributed by atoms with van der Waals surface area (Å²) in [5, 5.41) is 3.61. The SMILES string of the molecule is CCOc1c(Cl)cc(CN=C(N)NCCC(C)C)cc1OC. The van der Waals surface area contributed by atoms with Gasteiger partial charge in [-0.15, -0.1) is 0 Å². The van der Waals surface area contributed by atoms with Crippen LogP contribution in [0.2, 0.25) is 5.02 Å². The van der Waals surface area contributed by atoms with Crippen LogP contribution >= 0.6 is 11.6 Å². The van der Waals surface area contributed by atoms with Crippen LogP contribution in [0.15, 0.2) is 17.1 Å². The van der Waals surface area contributed by atoms with E-state index in [4.69, 9.17) is 26.8 Å². The van der Waals surface area contributed by atoms with Crippen LogP contribution in [0.5, 0.6) is 11.5 Å². The molecule has 0 aromatic heterocycles. The highest BCUT2D eigenvalue weighted by Crippen LogP contribution is 2.36. The fourth-order valence-electron chi connectivity index (χ4n) is 1.87. The lowest BCUT2D eigenvalue weighted by atomic mass is 10.1. The number of methoxy groups -OCH3 is 1. The van der Waals surface area contributed by atoms with E-state index in [1.165, 1.54) is 0 Å². The molecule has 1 aromatic carbocycles. The Kier molecular flexibility index (Phi) is 7.88. The molecule has 0 fully saturated rings. The van der Waals surface area contributed by atoms with Gasteiger partial charge < -0.3 is 20.5 Å². The lowest BCUT2D eigenvalue weighted by molar-refractivity contribution is 0.311. The van der Waals surface area contributed by atoms with Crippen LogP contribution in [0.3, 0.4) is 0 Å². The van der Waals surface area contributed by atoms with Crippen molar-refractivity contribution in [1.82, 2.24) is 5.32 Å². The number of hydrogen-bond donors (Lipinski definition) is 2. The predicted octanol–water partition coefficient (Wildman–Crippen LogP) is 3.20. The molecule has 0 aliphatic rings. The van der Waals surface area contributed by atoms with Gasteiger partial charge in [-0.2, -0.15) is 0 Å². The second-order valence-corrected chi connectivity index (χ2v) is 5.76. The van der Waals surface area contributed by atoms with Crippen LogP contribution in [-0.2, 0) is 6.54 Å². The molecule has 5 nitrogen and oxygen atoms in total. The molecule has 1 rings (SSSR count). The largest absolute Gasteiger partial charge is 0.493 e. The lowest BCUT2D eigenvalue weighted by Gasteiger charge is -2.12. The number of nitrogens with zero attached hydrogens (tertiary/aromatic N) is 1. The molecular formula is C16H26ClN3O2. The molecule has 0 saturated heterocycles. The number of guanidine groups is 1. The van der Waals surface area contributed by atoms with Crippen molar-refractivity contribution in [1.29, 1.82) is 0 Å². The monoisotopic (exact) mass is 327 g/mol.